The summed E-state index contributed by atoms with van der Waals surface area (Å²) in [6.45, 7) is 0. The van der Waals surface area contributed by atoms with Crippen molar-refractivity contribution in [3.8, 4) is 33.6 Å². The molecule has 0 fully saturated rings. The summed E-state index contributed by atoms with van der Waals surface area (Å²) in [5.74, 6) is 0. The lowest BCUT2D eigenvalue weighted by atomic mass is 9.98. The maximum atomic E-state index is 6.15. The molecule has 0 saturated heterocycles. The van der Waals surface area contributed by atoms with E-state index in [2.05, 4.69) is 109 Å². The Balaban J connectivity index is 1.56. The first-order valence-corrected chi connectivity index (χ1v) is 11.4. The summed E-state index contributed by atoms with van der Waals surface area (Å²) < 4.78 is 0. The molecule has 0 bridgehead atoms. The van der Waals surface area contributed by atoms with Gasteiger partial charge >= 0.3 is 0 Å². The van der Waals surface area contributed by atoms with Crippen LogP contribution in [0.4, 0.5) is 0 Å². The number of rotatable bonds is 3. The summed E-state index contributed by atoms with van der Waals surface area (Å²) >= 11 is 6.15. The van der Waals surface area contributed by atoms with Crippen LogP contribution in [0.25, 0.3) is 55.2 Å². The molecule has 6 rings (SSSR count). The normalized spacial score (nSPS) is 11.2. The molecule has 156 valence electrons. The van der Waals surface area contributed by atoms with Crippen molar-refractivity contribution >= 4 is 33.1 Å². The van der Waals surface area contributed by atoms with E-state index in [9.17, 15) is 0 Å². The maximum Gasteiger partial charge on any atom is 0.0715 e. The maximum absolute atomic E-state index is 6.15. The lowest BCUT2D eigenvalue weighted by Gasteiger charge is -2.12. The molecule has 2 heteroatoms. The van der Waals surface area contributed by atoms with Crippen molar-refractivity contribution in [2.24, 2.45) is 0 Å². The average molecular weight is 442 g/mol. The van der Waals surface area contributed by atoms with E-state index >= 15 is 0 Å². The van der Waals surface area contributed by atoms with Crippen molar-refractivity contribution in [1.29, 1.82) is 0 Å². The van der Waals surface area contributed by atoms with Gasteiger partial charge in [-0.25, -0.2) is 4.98 Å². The first-order valence-electron chi connectivity index (χ1n) is 11.0. The summed E-state index contributed by atoms with van der Waals surface area (Å²) in [5, 5.41) is 5.61. The number of hydrogen-bond acceptors (Lipinski definition) is 1. The monoisotopic (exact) mass is 441 g/mol. The summed E-state index contributed by atoms with van der Waals surface area (Å²) in [6, 6.07) is 42.2. The van der Waals surface area contributed by atoms with Gasteiger partial charge in [-0.1, -0.05) is 96.5 Å². The Morgan fingerprint density at radius 2 is 0.848 bits per heavy atom. The number of benzene rings is 5. The van der Waals surface area contributed by atoms with Gasteiger partial charge in [0.05, 0.1) is 11.4 Å². The van der Waals surface area contributed by atoms with Gasteiger partial charge in [-0.2, -0.15) is 0 Å². The van der Waals surface area contributed by atoms with E-state index in [4.69, 9.17) is 16.6 Å². The SMILES string of the molecule is Clc1ccc(-c2cc(-c3ccc4ccccc4c3)nc(-c3ccc4ccccc4c3)c2)cc1. The molecule has 5 aromatic carbocycles. The van der Waals surface area contributed by atoms with Gasteiger partial charge in [0.2, 0.25) is 0 Å². The standard InChI is InChI=1S/C31H20ClN/c32-29-15-13-23(14-16-29)28-19-30(26-11-9-21-5-1-3-7-24(21)17-26)33-31(20-28)27-12-10-22-6-2-4-8-25(22)18-27/h1-20H. The molecule has 0 radical (unpaired) electrons. The molecular formula is C31H20ClN. The van der Waals surface area contributed by atoms with Crippen molar-refractivity contribution in [1.82, 2.24) is 4.98 Å². The van der Waals surface area contributed by atoms with Crippen molar-refractivity contribution in [3.05, 3.63) is 126 Å². The third kappa shape index (κ3) is 3.88. The summed E-state index contributed by atoms with van der Waals surface area (Å²) in [4.78, 5) is 5.10. The van der Waals surface area contributed by atoms with Crippen molar-refractivity contribution < 1.29 is 0 Å². The van der Waals surface area contributed by atoms with Crippen LogP contribution in [0.1, 0.15) is 0 Å². The highest BCUT2D eigenvalue weighted by Gasteiger charge is 2.10. The Kier molecular flexibility index (Phi) is 4.90. The summed E-state index contributed by atoms with van der Waals surface area (Å²) in [6.07, 6.45) is 0. The molecule has 33 heavy (non-hydrogen) atoms. The predicted molar refractivity (Wildman–Crippen MR) is 141 cm³/mol. The molecule has 0 atom stereocenters. The Bertz CT molecular complexity index is 1520. The fraction of sp³-hybridized carbons (Fsp3) is 0. The molecular weight excluding hydrogens is 422 g/mol. The topological polar surface area (TPSA) is 12.9 Å². The quantitative estimate of drug-likeness (QED) is 0.267. The smallest absolute Gasteiger partial charge is 0.0715 e. The largest absolute Gasteiger partial charge is 0.248 e. The minimum absolute atomic E-state index is 0.734. The van der Waals surface area contributed by atoms with Gasteiger partial charge in [0.15, 0.2) is 0 Å². The van der Waals surface area contributed by atoms with Gasteiger partial charge in [0.1, 0.15) is 0 Å². The Hall–Kier alpha value is -3.94. The van der Waals surface area contributed by atoms with Crippen molar-refractivity contribution in [2.45, 2.75) is 0 Å². The number of hydrogen-bond donors (Lipinski definition) is 0. The Morgan fingerprint density at radius 1 is 0.394 bits per heavy atom. The number of nitrogens with zero attached hydrogens (tertiary/aromatic N) is 1. The van der Waals surface area contributed by atoms with E-state index in [0.717, 1.165) is 38.7 Å². The number of fused-ring (bicyclic) bond motifs is 2. The van der Waals surface area contributed by atoms with Gasteiger partial charge in [0, 0.05) is 16.1 Å². The second kappa shape index (κ2) is 8.20. The molecule has 0 unspecified atom stereocenters. The van der Waals surface area contributed by atoms with Crippen LogP contribution in [0.5, 0.6) is 0 Å². The van der Waals surface area contributed by atoms with Crippen LogP contribution in [0, 0.1) is 0 Å². The van der Waals surface area contributed by atoms with Gasteiger partial charge < -0.3 is 0 Å². The second-order valence-electron chi connectivity index (χ2n) is 8.26. The van der Waals surface area contributed by atoms with Crippen molar-refractivity contribution in [2.75, 3.05) is 0 Å². The molecule has 0 aliphatic carbocycles. The number of pyridine rings is 1. The first kappa shape index (κ1) is 19.7. The van der Waals surface area contributed by atoms with E-state index < -0.39 is 0 Å². The van der Waals surface area contributed by atoms with Gasteiger partial charge in [-0.15, -0.1) is 0 Å². The number of halogens is 1. The van der Waals surface area contributed by atoms with Gasteiger partial charge in [-0.05, 0) is 69.1 Å². The van der Waals surface area contributed by atoms with Crippen LogP contribution in [-0.2, 0) is 0 Å². The van der Waals surface area contributed by atoms with Crippen LogP contribution >= 0.6 is 11.6 Å². The molecule has 0 spiro atoms. The predicted octanol–water partition coefficient (Wildman–Crippen LogP) is 9.04. The lowest BCUT2D eigenvalue weighted by molar-refractivity contribution is 1.33. The molecule has 0 amide bonds. The summed E-state index contributed by atoms with van der Waals surface area (Å²) in [7, 11) is 0. The highest BCUT2D eigenvalue weighted by molar-refractivity contribution is 6.30. The molecule has 0 N–H and O–H groups in total. The fourth-order valence-corrected chi connectivity index (χ4v) is 4.46. The first-order chi connectivity index (χ1) is 16.2. The lowest BCUT2D eigenvalue weighted by Crippen LogP contribution is -1.91. The molecule has 1 nitrogen and oxygen atoms in total. The minimum Gasteiger partial charge on any atom is -0.248 e. The molecule has 6 aromatic rings. The molecule has 1 heterocycles. The van der Waals surface area contributed by atoms with Crippen molar-refractivity contribution in [3.63, 3.8) is 0 Å². The zero-order chi connectivity index (χ0) is 22.2. The van der Waals surface area contributed by atoms with Crippen LogP contribution in [0.3, 0.4) is 0 Å². The van der Waals surface area contributed by atoms with E-state index in [-0.39, 0.29) is 0 Å². The second-order valence-corrected chi connectivity index (χ2v) is 8.69. The van der Waals surface area contributed by atoms with Crippen LogP contribution in [-0.4, -0.2) is 4.98 Å². The molecule has 1 aromatic heterocycles. The third-order valence-corrected chi connectivity index (χ3v) is 6.35. The van der Waals surface area contributed by atoms with E-state index in [1.54, 1.807) is 0 Å². The molecule has 0 aliphatic rings. The van der Waals surface area contributed by atoms with E-state index in [1.807, 2.05) is 12.1 Å². The Morgan fingerprint density at radius 3 is 1.36 bits per heavy atom. The zero-order valence-corrected chi connectivity index (χ0v) is 18.6. The van der Waals surface area contributed by atoms with Crippen LogP contribution in [0.2, 0.25) is 5.02 Å². The Labute approximate surface area is 197 Å². The molecule has 0 aliphatic heterocycles. The van der Waals surface area contributed by atoms with E-state index in [0.29, 0.717) is 0 Å². The minimum atomic E-state index is 0.734. The summed E-state index contributed by atoms with van der Waals surface area (Å²) in [5.41, 5.74) is 6.35. The highest BCUT2D eigenvalue weighted by atomic mass is 35.5. The third-order valence-electron chi connectivity index (χ3n) is 6.09. The number of aromatic nitrogens is 1. The van der Waals surface area contributed by atoms with Crippen LogP contribution < -0.4 is 0 Å². The highest BCUT2D eigenvalue weighted by Crippen LogP contribution is 2.33. The zero-order valence-electron chi connectivity index (χ0n) is 17.9. The van der Waals surface area contributed by atoms with Crippen LogP contribution in [0.15, 0.2) is 121 Å². The van der Waals surface area contributed by atoms with Gasteiger partial charge in [-0.3, -0.25) is 0 Å². The van der Waals surface area contributed by atoms with Gasteiger partial charge in [0.25, 0.3) is 0 Å². The molecule has 0 saturated carbocycles. The fourth-order valence-electron chi connectivity index (χ4n) is 4.33. The average Bonchev–Trinajstić information content (AvgIpc) is 2.88. The van der Waals surface area contributed by atoms with E-state index in [1.165, 1.54) is 21.5 Å².